The second-order valence-corrected chi connectivity index (χ2v) is 10.8. The molecule has 1 fully saturated rings. The predicted octanol–water partition coefficient (Wildman–Crippen LogP) is 5.41. The molecule has 0 saturated heterocycles. The van der Waals surface area contributed by atoms with E-state index in [0.29, 0.717) is 23.8 Å². The number of rotatable bonds is 8. The molecule has 38 heavy (non-hydrogen) atoms. The molecule has 0 bridgehead atoms. The normalized spacial score (nSPS) is 16.2. The summed E-state index contributed by atoms with van der Waals surface area (Å²) in [7, 11) is 3.82. The summed E-state index contributed by atoms with van der Waals surface area (Å²) in [5.74, 6) is 1.27. The molecule has 1 atom stereocenters. The van der Waals surface area contributed by atoms with Crippen molar-refractivity contribution in [1.82, 2.24) is 29.2 Å². The van der Waals surface area contributed by atoms with Crippen molar-refractivity contribution >= 4 is 10.9 Å². The highest BCUT2D eigenvalue weighted by atomic mass is 19.4. The Bertz CT molecular complexity index is 1510. The number of aryl methyl sites for hydroxylation is 1. The molecular weight excluding hydrogens is 493 g/mol. The van der Waals surface area contributed by atoms with E-state index in [2.05, 4.69) is 33.9 Å². The van der Waals surface area contributed by atoms with Gasteiger partial charge >= 0.3 is 6.18 Å². The van der Waals surface area contributed by atoms with E-state index in [1.807, 2.05) is 30.8 Å². The molecule has 0 radical (unpaired) electrons. The Morgan fingerprint density at radius 2 is 2.00 bits per heavy atom. The Balaban J connectivity index is 1.60. The van der Waals surface area contributed by atoms with Gasteiger partial charge in [-0.3, -0.25) is 9.36 Å². The van der Waals surface area contributed by atoms with Crippen LogP contribution in [0.1, 0.15) is 62.2 Å². The summed E-state index contributed by atoms with van der Waals surface area (Å²) < 4.78 is 45.7. The monoisotopic (exact) mass is 526 g/mol. The standard InChI is InChI=1S/C28H33F3N6O/c1-5-18(2)14-35(3)15-20-13-22-23(28(29,30)31)16-37(25(38)24(22)33-20)21-9-6-8-19(12-21)27(10-7-11-27)26-34-32-17-36(26)4/h6,8-9,12-13,16-18,33H,5,7,10-11,14-15H2,1-4H3. The lowest BCUT2D eigenvalue weighted by atomic mass is 9.63. The number of alkyl halides is 3. The van der Waals surface area contributed by atoms with E-state index in [0.717, 1.165) is 54.4 Å². The van der Waals surface area contributed by atoms with Gasteiger partial charge in [0.05, 0.1) is 11.0 Å². The van der Waals surface area contributed by atoms with E-state index in [1.54, 1.807) is 18.5 Å². The number of pyridine rings is 1. The number of nitrogens with zero attached hydrogens (tertiary/aromatic N) is 5. The first-order valence-electron chi connectivity index (χ1n) is 13.0. The van der Waals surface area contributed by atoms with Gasteiger partial charge in [0, 0.05) is 43.1 Å². The molecule has 1 saturated carbocycles. The van der Waals surface area contributed by atoms with Gasteiger partial charge in [0.1, 0.15) is 17.7 Å². The minimum atomic E-state index is -4.62. The molecular formula is C28H33F3N6O. The van der Waals surface area contributed by atoms with Crippen molar-refractivity contribution < 1.29 is 13.2 Å². The highest BCUT2D eigenvalue weighted by molar-refractivity contribution is 5.84. The first-order valence-corrected chi connectivity index (χ1v) is 13.0. The molecule has 0 aliphatic heterocycles. The van der Waals surface area contributed by atoms with Crippen LogP contribution in [0.15, 0.2) is 47.7 Å². The number of fused-ring (bicyclic) bond motifs is 1. The molecule has 1 unspecified atom stereocenters. The Morgan fingerprint density at radius 3 is 2.61 bits per heavy atom. The zero-order valence-electron chi connectivity index (χ0n) is 22.1. The molecule has 1 aliphatic rings. The minimum Gasteiger partial charge on any atom is -0.353 e. The van der Waals surface area contributed by atoms with Gasteiger partial charge in [-0.15, -0.1) is 10.2 Å². The molecule has 3 aromatic heterocycles. The highest BCUT2D eigenvalue weighted by Gasteiger charge is 2.44. The van der Waals surface area contributed by atoms with E-state index in [4.69, 9.17) is 0 Å². The summed E-state index contributed by atoms with van der Waals surface area (Å²) in [4.78, 5) is 18.6. The average molecular weight is 527 g/mol. The van der Waals surface area contributed by atoms with Crippen molar-refractivity contribution in [3.8, 4) is 5.69 Å². The van der Waals surface area contributed by atoms with E-state index in [1.165, 1.54) is 6.07 Å². The molecule has 202 valence electrons. The third kappa shape index (κ3) is 4.55. The van der Waals surface area contributed by atoms with E-state index in [9.17, 15) is 18.0 Å². The summed E-state index contributed by atoms with van der Waals surface area (Å²) in [6, 6.07) is 8.68. The van der Waals surface area contributed by atoms with E-state index >= 15 is 0 Å². The van der Waals surface area contributed by atoms with Crippen molar-refractivity contribution in [2.45, 2.75) is 57.7 Å². The van der Waals surface area contributed by atoms with Crippen molar-refractivity contribution in [2.75, 3.05) is 13.6 Å². The second-order valence-electron chi connectivity index (χ2n) is 10.8. The highest BCUT2D eigenvalue weighted by Crippen LogP contribution is 2.48. The zero-order chi connectivity index (χ0) is 27.2. The van der Waals surface area contributed by atoms with Crippen LogP contribution in [0, 0.1) is 5.92 Å². The average Bonchev–Trinajstić information content (AvgIpc) is 3.44. The van der Waals surface area contributed by atoms with Crippen LogP contribution in [0.2, 0.25) is 0 Å². The Morgan fingerprint density at radius 1 is 1.24 bits per heavy atom. The van der Waals surface area contributed by atoms with Gasteiger partial charge in [0.15, 0.2) is 0 Å². The Hall–Kier alpha value is -3.40. The molecule has 3 heterocycles. The smallest absolute Gasteiger partial charge is 0.353 e. The maximum Gasteiger partial charge on any atom is 0.418 e. The Labute approximate surface area is 219 Å². The number of halogens is 3. The van der Waals surface area contributed by atoms with Gasteiger partial charge in [0.2, 0.25) is 0 Å². The van der Waals surface area contributed by atoms with Crippen molar-refractivity contribution in [3.05, 3.63) is 75.9 Å². The van der Waals surface area contributed by atoms with Gasteiger partial charge in [-0.2, -0.15) is 13.2 Å². The number of H-pyrrole nitrogens is 1. The fraction of sp³-hybridized carbons (Fsp3) is 0.464. The molecule has 4 aromatic rings. The number of nitrogens with one attached hydrogen (secondary N) is 1. The van der Waals surface area contributed by atoms with Gasteiger partial charge < -0.3 is 14.5 Å². The molecule has 10 heteroatoms. The number of benzene rings is 1. The molecule has 0 amide bonds. The Kier molecular flexibility index (Phi) is 6.71. The summed E-state index contributed by atoms with van der Waals surface area (Å²) >= 11 is 0. The topological polar surface area (TPSA) is 71.7 Å². The van der Waals surface area contributed by atoms with E-state index < -0.39 is 17.3 Å². The number of aromatic amines is 1. The molecule has 7 nitrogen and oxygen atoms in total. The summed E-state index contributed by atoms with van der Waals surface area (Å²) in [5.41, 5.74) is 0.120. The fourth-order valence-electron chi connectivity index (χ4n) is 5.63. The van der Waals surface area contributed by atoms with Crippen LogP contribution in [0.4, 0.5) is 13.2 Å². The van der Waals surface area contributed by atoms with Crippen LogP contribution in [-0.2, 0) is 25.2 Å². The van der Waals surface area contributed by atoms with Crippen LogP contribution >= 0.6 is 0 Å². The summed E-state index contributed by atoms with van der Waals surface area (Å²) in [6.07, 6.45) is 1.69. The quantitative estimate of drug-likeness (QED) is 0.333. The second kappa shape index (κ2) is 9.72. The summed E-state index contributed by atoms with van der Waals surface area (Å²) in [6.45, 7) is 5.47. The van der Waals surface area contributed by atoms with Gasteiger partial charge in [-0.25, -0.2) is 0 Å². The van der Waals surface area contributed by atoms with Gasteiger partial charge in [-0.1, -0.05) is 38.8 Å². The lowest BCUT2D eigenvalue weighted by molar-refractivity contribution is -0.136. The third-order valence-corrected chi connectivity index (χ3v) is 7.94. The molecule has 1 aromatic carbocycles. The largest absolute Gasteiger partial charge is 0.418 e. The lowest BCUT2D eigenvalue weighted by Gasteiger charge is -2.41. The maximum atomic E-state index is 14.2. The van der Waals surface area contributed by atoms with Crippen LogP contribution < -0.4 is 5.56 Å². The number of hydrogen-bond acceptors (Lipinski definition) is 4. The van der Waals surface area contributed by atoms with Crippen molar-refractivity contribution in [1.29, 1.82) is 0 Å². The lowest BCUT2D eigenvalue weighted by Crippen LogP contribution is -2.38. The maximum absolute atomic E-state index is 14.2. The third-order valence-electron chi connectivity index (χ3n) is 7.94. The minimum absolute atomic E-state index is 0.0381. The van der Waals surface area contributed by atoms with Crippen LogP contribution in [0.25, 0.3) is 16.6 Å². The molecule has 1 aliphatic carbocycles. The summed E-state index contributed by atoms with van der Waals surface area (Å²) in [5, 5.41) is 8.26. The molecule has 0 spiro atoms. The van der Waals surface area contributed by atoms with Crippen molar-refractivity contribution in [3.63, 3.8) is 0 Å². The van der Waals surface area contributed by atoms with Gasteiger partial charge in [-0.05, 0) is 49.6 Å². The number of aromatic nitrogens is 5. The molecule has 1 N–H and O–H groups in total. The first kappa shape index (κ1) is 26.2. The zero-order valence-corrected chi connectivity index (χ0v) is 22.1. The van der Waals surface area contributed by atoms with Crippen LogP contribution in [0.3, 0.4) is 0 Å². The SMILES string of the molecule is CCC(C)CN(C)Cc1cc2c(C(F)(F)F)cn(-c3cccc(C4(c5nncn5C)CCC4)c3)c(=O)c2[nH]1. The van der Waals surface area contributed by atoms with Gasteiger partial charge in [0.25, 0.3) is 5.56 Å². The predicted molar refractivity (Wildman–Crippen MR) is 140 cm³/mol. The van der Waals surface area contributed by atoms with Crippen molar-refractivity contribution in [2.24, 2.45) is 13.0 Å². The first-order chi connectivity index (χ1) is 18.0. The van der Waals surface area contributed by atoms with E-state index in [-0.39, 0.29) is 16.3 Å². The van der Waals surface area contributed by atoms with Crippen LogP contribution in [-0.4, -0.2) is 42.8 Å². The fourth-order valence-corrected chi connectivity index (χ4v) is 5.63. The van der Waals surface area contributed by atoms with Crippen LogP contribution in [0.5, 0.6) is 0 Å². The number of hydrogen-bond donors (Lipinski definition) is 1. The molecule has 5 rings (SSSR count).